The zero-order valence-electron chi connectivity index (χ0n) is 13.6. The number of rotatable bonds is 7. The van der Waals surface area contributed by atoms with E-state index in [4.69, 9.17) is 9.47 Å². The van der Waals surface area contributed by atoms with Crippen LogP contribution in [-0.4, -0.2) is 41.7 Å². The molecule has 1 aromatic carbocycles. The van der Waals surface area contributed by atoms with Gasteiger partial charge in [0.1, 0.15) is 11.9 Å². The third-order valence-corrected chi connectivity index (χ3v) is 5.08. The van der Waals surface area contributed by atoms with Crippen molar-refractivity contribution in [2.75, 3.05) is 19.4 Å². The molecule has 1 amide bonds. The van der Waals surface area contributed by atoms with E-state index in [-0.39, 0.29) is 5.91 Å². The van der Waals surface area contributed by atoms with E-state index in [0.717, 1.165) is 36.5 Å². The first-order chi connectivity index (χ1) is 10.7. The van der Waals surface area contributed by atoms with E-state index in [1.54, 1.807) is 7.11 Å². The predicted molar refractivity (Wildman–Crippen MR) is 90.1 cm³/mol. The van der Waals surface area contributed by atoms with Crippen LogP contribution in [0.3, 0.4) is 0 Å². The fourth-order valence-corrected chi connectivity index (χ4v) is 3.91. The molecule has 2 atom stereocenters. The number of carbonyl (C=O) groups is 1. The van der Waals surface area contributed by atoms with Crippen LogP contribution in [0.2, 0.25) is 0 Å². The average Bonchev–Trinajstić information content (AvgIpc) is 3.00. The molecule has 0 saturated carbocycles. The first kappa shape index (κ1) is 17.2. The molecule has 2 rings (SSSR count). The molecule has 0 radical (unpaired) electrons. The van der Waals surface area contributed by atoms with Crippen molar-refractivity contribution in [2.45, 2.75) is 44.8 Å². The molecule has 122 valence electrons. The van der Waals surface area contributed by atoms with Crippen LogP contribution < -0.4 is 4.74 Å². The monoisotopic (exact) mass is 323 g/mol. The van der Waals surface area contributed by atoms with Gasteiger partial charge in [-0.2, -0.15) is 0 Å². The molecule has 0 unspecified atom stereocenters. The molecule has 1 aliphatic heterocycles. The predicted octanol–water partition coefficient (Wildman–Crippen LogP) is 3.30. The zero-order valence-corrected chi connectivity index (χ0v) is 14.4. The van der Waals surface area contributed by atoms with Gasteiger partial charge in [-0.3, -0.25) is 4.79 Å². The summed E-state index contributed by atoms with van der Waals surface area (Å²) in [5.41, 5.74) is 1.01. The number of carbonyl (C=O) groups excluding carboxylic acids is 1. The number of hydrogen-bond donors (Lipinski definition) is 0. The molecule has 1 aliphatic rings. The topological polar surface area (TPSA) is 38.8 Å². The Morgan fingerprint density at radius 1 is 1.50 bits per heavy atom. The number of thioether (sulfide) groups is 1. The lowest BCUT2D eigenvalue weighted by molar-refractivity contribution is -0.143. The third-order valence-electron chi connectivity index (χ3n) is 3.79. The second kappa shape index (κ2) is 8.44. The van der Waals surface area contributed by atoms with E-state index in [9.17, 15) is 4.79 Å². The Kier molecular flexibility index (Phi) is 6.58. The minimum absolute atomic E-state index is 0.103. The standard InChI is InChI=1S/C17H25NO3S/c1-4-6-16-18(9-10-22-16)17(19)13(2)21-12-14-7-5-8-15(11-14)20-3/h5,7-8,11,13,16H,4,6,9-10,12H2,1-3H3/t13-,16+/m1/s1. The number of methoxy groups -OCH3 is 1. The van der Waals surface area contributed by atoms with Gasteiger partial charge < -0.3 is 14.4 Å². The Morgan fingerprint density at radius 3 is 3.05 bits per heavy atom. The fourth-order valence-electron chi connectivity index (χ4n) is 2.55. The SMILES string of the molecule is CCC[C@@H]1SCCN1C(=O)[C@@H](C)OCc1cccc(OC)c1. The third kappa shape index (κ3) is 4.40. The first-order valence-corrected chi connectivity index (χ1v) is 8.87. The lowest BCUT2D eigenvalue weighted by atomic mass is 10.2. The molecule has 1 heterocycles. The second-order valence-corrected chi connectivity index (χ2v) is 6.74. The van der Waals surface area contributed by atoms with Crippen LogP contribution in [0, 0.1) is 0 Å². The second-order valence-electron chi connectivity index (χ2n) is 5.45. The van der Waals surface area contributed by atoms with Crippen molar-refractivity contribution in [2.24, 2.45) is 0 Å². The molecule has 22 heavy (non-hydrogen) atoms. The van der Waals surface area contributed by atoms with Crippen molar-refractivity contribution in [3.05, 3.63) is 29.8 Å². The van der Waals surface area contributed by atoms with Crippen molar-refractivity contribution in [1.29, 1.82) is 0 Å². The van der Waals surface area contributed by atoms with Gasteiger partial charge in [-0.15, -0.1) is 11.8 Å². The van der Waals surface area contributed by atoms with Crippen molar-refractivity contribution >= 4 is 17.7 Å². The normalized spacial score (nSPS) is 19.2. The molecular weight excluding hydrogens is 298 g/mol. The number of ether oxygens (including phenoxy) is 2. The fraction of sp³-hybridized carbons (Fsp3) is 0.588. The van der Waals surface area contributed by atoms with E-state index in [1.807, 2.05) is 47.9 Å². The first-order valence-electron chi connectivity index (χ1n) is 7.82. The zero-order chi connectivity index (χ0) is 15.9. The Balaban J connectivity index is 1.88. The summed E-state index contributed by atoms with van der Waals surface area (Å²) >= 11 is 1.87. The molecule has 0 aliphatic carbocycles. The Bertz CT molecular complexity index is 495. The van der Waals surface area contributed by atoms with Gasteiger partial charge in [0, 0.05) is 12.3 Å². The van der Waals surface area contributed by atoms with Crippen LogP contribution in [0.15, 0.2) is 24.3 Å². The van der Waals surface area contributed by atoms with Gasteiger partial charge in [0.2, 0.25) is 0 Å². The van der Waals surface area contributed by atoms with Crippen LogP contribution in [0.25, 0.3) is 0 Å². The minimum atomic E-state index is -0.413. The van der Waals surface area contributed by atoms with Crippen LogP contribution in [0.4, 0.5) is 0 Å². The maximum absolute atomic E-state index is 12.5. The van der Waals surface area contributed by atoms with Crippen molar-refractivity contribution in [3.8, 4) is 5.75 Å². The summed E-state index contributed by atoms with van der Waals surface area (Å²) in [5.74, 6) is 1.93. The van der Waals surface area contributed by atoms with Crippen LogP contribution in [-0.2, 0) is 16.1 Å². The Hall–Kier alpha value is -1.20. The lowest BCUT2D eigenvalue weighted by Gasteiger charge is -2.26. The summed E-state index contributed by atoms with van der Waals surface area (Å²) in [6.07, 6.45) is 1.74. The van der Waals surface area contributed by atoms with E-state index >= 15 is 0 Å². The largest absolute Gasteiger partial charge is 0.497 e. The Labute approximate surface area is 137 Å². The van der Waals surface area contributed by atoms with Gasteiger partial charge in [-0.25, -0.2) is 0 Å². The van der Waals surface area contributed by atoms with E-state index in [0.29, 0.717) is 12.0 Å². The molecule has 5 heteroatoms. The molecule has 0 aromatic heterocycles. The smallest absolute Gasteiger partial charge is 0.252 e. The van der Waals surface area contributed by atoms with Crippen molar-refractivity contribution < 1.29 is 14.3 Å². The van der Waals surface area contributed by atoms with E-state index < -0.39 is 6.10 Å². The van der Waals surface area contributed by atoms with Gasteiger partial charge in [0.25, 0.3) is 5.91 Å². The highest BCUT2D eigenvalue weighted by Crippen LogP contribution is 2.28. The highest BCUT2D eigenvalue weighted by Gasteiger charge is 2.31. The summed E-state index contributed by atoms with van der Waals surface area (Å²) in [6, 6.07) is 7.74. The van der Waals surface area contributed by atoms with Crippen LogP contribution in [0.5, 0.6) is 5.75 Å². The number of nitrogens with zero attached hydrogens (tertiary/aromatic N) is 1. The maximum atomic E-state index is 12.5. The number of hydrogen-bond acceptors (Lipinski definition) is 4. The molecule has 0 bridgehead atoms. The molecule has 4 nitrogen and oxygen atoms in total. The summed E-state index contributed by atoms with van der Waals surface area (Å²) in [7, 11) is 1.64. The van der Waals surface area contributed by atoms with Crippen molar-refractivity contribution in [1.82, 2.24) is 4.90 Å². The highest BCUT2D eigenvalue weighted by atomic mass is 32.2. The Morgan fingerprint density at radius 2 is 2.32 bits per heavy atom. The van der Waals surface area contributed by atoms with Gasteiger partial charge in [-0.1, -0.05) is 25.5 Å². The number of benzene rings is 1. The molecule has 0 N–H and O–H groups in total. The van der Waals surface area contributed by atoms with Gasteiger partial charge >= 0.3 is 0 Å². The van der Waals surface area contributed by atoms with E-state index in [1.165, 1.54) is 0 Å². The van der Waals surface area contributed by atoms with E-state index in [2.05, 4.69) is 6.92 Å². The summed E-state index contributed by atoms with van der Waals surface area (Å²) in [4.78, 5) is 14.5. The molecular formula is C17H25NO3S. The van der Waals surface area contributed by atoms with Crippen LogP contribution >= 0.6 is 11.8 Å². The summed E-state index contributed by atoms with van der Waals surface area (Å²) in [6.45, 7) is 5.25. The maximum Gasteiger partial charge on any atom is 0.252 e. The molecule has 0 spiro atoms. The quantitative estimate of drug-likeness (QED) is 0.772. The molecule has 1 saturated heterocycles. The number of amides is 1. The molecule has 1 aromatic rings. The van der Waals surface area contributed by atoms with Crippen molar-refractivity contribution in [3.63, 3.8) is 0 Å². The van der Waals surface area contributed by atoms with Gasteiger partial charge in [0.15, 0.2) is 0 Å². The summed E-state index contributed by atoms with van der Waals surface area (Å²) < 4.78 is 11.0. The van der Waals surface area contributed by atoms with Gasteiger partial charge in [-0.05, 0) is 31.0 Å². The highest BCUT2D eigenvalue weighted by molar-refractivity contribution is 8.00. The van der Waals surface area contributed by atoms with Crippen LogP contribution in [0.1, 0.15) is 32.3 Å². The van der Waals surface area contributed by atoms with Gasteiger partial charge in [0.05, 0.1) is 19.1 Å². The lowest BCUT2D eigenvalue weighted by Crippen LogP contribution is -2.41. The molecule has 1 fully saturated rings. The average molecular weight is 323 g/mol. The minimum Gasteiger partial charge on any atom is -0.497 e. The summed E-state index contributed by atoms with van der Waals surface area (Å²) in [5, 5.41) is 0.320.